The lowest BCUT2D eigenvalue weighted by Crippen LogP contribution is -2.34. The van der Waals surface area contributed by atoms with Crippen LogP contribution < -0.4 is 0 Å². The Hall–Kier alpha value is -2.60. The molecule has 0 spiro atoms. The Labute approximate surface area is 158 Å². The van der Waals surface area contributed by atoms with Crippen molar-refractivity contribution < 1.29 is 4.79 Å². The lowest BCUT2D eigenvalue weighted by atomic mass is 10.0. The van der Waals surface area contributed by atoms with Crippen LogP contribution >= 0.6 is 0 Å². The van der Waals surface area contributed by atoms with Crippen LogP contribution in [0.25, 0.3) is 22.2 Å². The van der Waals surface area contributed by atoms with E-state index in [1.54, 1.807) is 4.68 Å². The maximum Gasteiger partial charge on any atom is 0.152 e. The summed E-state index contributed by atoms with van der Waals surface area (Å²) < 4.78 is 1.77. The third-order valence-electron chi connectivity index (χ3n) is 5.97. The molecule has 6 heteroatoms. The fraction of sp³-hybridized carbons (Fsp3) is 0.429. The molecule has 0 amide bonds. The van der Waals surface area contributed by atoms with Gasteiger partial charge in [0.2, 0.25) is 0 Å². The largest absolute Gasteiger partial charge is 0.298 e. The number of Topliss-reactive ketones (excluding diaryl/α,β-unsaturated/α-hetero) is 1. The smallest absolute Gasteiger partial charge is 0.152 e. The van der Waals surface area contributed by atoms with Crippen molar-refractivity contribution in [3.63, 3.8) is 0 Å². The molecule has 27 heavy (non-hydrogen) atoms. The van der Waals surface area contributed by atoms with Crippen molar-refractivity contribution in [3.8, 4) is 11.3 Å². The number of hydrogen-bond donors (Lipinski definition) is 0. The van der Waals surface area contributed by atoms with E-state index in [4.69, 9.17) is 4.98 Å². The van der Waals surface area contributed by atoms with Gasteiger partial charge in [-0.1, -0.05) is 0 Å². The summed E-state index contributed by atoms with van der Waals surface area (Å²) in [6.07, 6.45) is 11.0. The number of hydrogen-bond acceptors (Lipinski definition) is 5. The van der Waals surface area contributed by atoms with Gasteiger partial charge in [0.25, 0.3) is 0 Å². The molecule has 3 aromatic rings. The summed E-state index contributed by atoms with van der Waals surface area (Å²) in [5.74, 6) is 0.254. The first-order valence-corrected chi connectivity index (χ1v) is 9.68. The summed E-state index contributed by atoms with van der Waals surface area (Å²) >= 11 is 0. The van der Waals surface area contributed by atoms with Crippen LogP contribution in [0.1, 0.15) is 31.4 Å². The van der Waals surface area contributed by atoms with Crippen LogP contribution in [-0.2, 0) is 18.3 Å². The van der Waals surface area contributed by atoms with Crippen molar-refractivity contribution in [2.75, 3.05) is 6.54 Å². The Morgan fingerprint density at radius 3 is 2.63 bits per heavy atom. The molecular formula is C21H23N5O. The molecule has 2 fully saturated rings. The molecule has 138 valence electrons. The Morgan fingerprint density at radius 2 is 1.93 bits per heavy atom. The molecule has 6 nitrogen and oxygen atoms in total. The van der Waals surface area contributed by atoms with Gasteiger partial charge in [0, 0.05) is 48.2 Å². The maximum absolute atomic E-state index is 12.6. The number of ketones is 1. The summed E-state index contributed by atoms with van der Waals surface area (Å²) in [6, 6.07) is 7.21. The van der Waals surface area contributed by atoms with Crippen molar-refractivity contribution in [2.45, 2.75) is 44.2 Å². The molecular weight excluding hydrogens is 338 g/mol. The highest BCUT2D eigenvalue weighted by Crippen LogP contribution is 2.37. The van der Waals surface area contributed by atoms with E-state index in [0.717, 1.165) is 27.9 Å². The van der Waals surface area contributed by atoms with E-state index in [1.807, 2.05) is 43.8 Å². The van der Waals surface area contributed by atoms with Crippen molar-refractivity contribution in [2.24, 2.45) is 7.05 Å². The average Bonchev–Trinajstić information content (AvgIpc) is 3.37. The highest BCUT2D eigenvalue weighted by molar-refractivity contribution is 5.85. The SMILES string of the molecule is Cn1cc(-c2ccc3cnc(CC(=O)CN4C5CCC4CC5)cc3n2)cn1. The number of aromatic nitrogens is 4. The fourth-order valence-corrected chi connectivity index (χ4v) is 4.61. The van der Waals surface area contributed by atoms with Crippen molar-refractivity contribution >= 4 is 16.7 Å². The standard InChI is InChI=1S/C21H23N5O/c1-25-12-15(11-23-25)20-7-2-14-10-22-16(9-21(14)24-20)8-19(27)13-26-17-3-4-18(26)6-5-17/h2,7,9-12,17-18H,3-6,8,13H2,1H3. The minimum absolute atomic E-state index is 0.254. The molecule has 2 aliphatic rings. The van der Waals surface area contributed by atoms with E-state index in [-0.39, 0.29) is 5.78 Å². The summed E-state index contributed by atoms with van der Waals surface area (Å²) in [6.45, 7) is 0.568. The Bertz CT molecular complexity index is 991. The number of fused-ring (bicyclic) bond motifs is 3. The lowest BCUT2D eigenvalue weighted by Gasteiger charge is -2.20. The van der Waals surface area contributed by atoms with E-state index in [2.05, 4.69) is 15.0 Å². The summed E-state index contributed by atoms with van der Waals surface area (Å²) in [5.41, 5.74) is 3.54. The molecule has 0 radical (unpaired) electrons. The minimum atomic E-state index is 0.254. The average molecular weight is 361 g/mol. The Balaban J connectivity index is 1.35. The molecule has 2 aliphatic heterocycles. The van der Waals surface area contributed by atoms with E-state index in [1.165, 1.54) is 25.7 Å². The quantitative estimate of drug-likeness (QED) is 0.699. The van der Waals surface area contributed by atoms with Crippen LogP contribution in [0.15, 0.2) is 36.8 Å². The van der Waals surface area contributed by atoms with Gasteiger partial charge < -0.3 is 0 Å². The summed E-state index contributed by atoms with van der Waals surface area (Å²) in [5, 5.41) is 5.19. The number of carbonyl (C=O) groups excluding carboxylic acids is 1. The van der Waals surface area contributed by atoms with Gasteiger partial charge in [-0.15, -0.1) is 0 Å². The normalized spacial score (nSPS) is 22.0. The molecule has 0 saturated carbocycles. The molecule has 5 rings (SSSR count). The molecule has 0 N–H and O–H groups in total. The zero-order valence-corrected chi connectivity index (χ0v) is 15.5. The molecule has 5 heterocycles. The monoisotopic (exact) mass is 361 g/mol. The summed E-state index contributed by atoms with van der Waals surface area (Å²) in [7, 11) is 1.89. The fourth-order valence-electron chi connectivity index (χ4n) is 4.61. The third-order valence-corrected chi connectivity index (χ3v) is 5.97. The maximum atomic E-state index is 12.6. The molecule has 0 unspecified atom stereocenters. The van der Waals surface area contributed by atoms with Crippen molar-refractivity contribution in [1.82, 2.24) is 24.6 Å². The first-order valence-electron chi connectivity index (χ1n) is 9.68. The molecule has 3 aromatic heterocycles. The first-order chi connectivity index (χ1) is 13.2. The number of aryl methyl sites for hydroxylation is 1. The number of rotatable bonds is 5. The molecule has 2 saturated heterocycles. The van der Waals surface area contributed by atoms with E-state index in [0.29, 0.717) is 25.0 Å². The highest BCUT2D eigenvalue weighted by Gasteiger charge is 2.39. The van der Waals surface area contributed by atoms with Crippen molar-refractivity contribution in [3.05, 3.63) is 42.5 Å². The van der Waals surface area contributed by atoms with Gasteiger partial charge in [0.05, 0.1) is 30.4 Å². The van der Waals surface area contributed by atoms with Crippen LogP contribution in [0.3, 0.4) is 0 Å². The molecule has 0 aromatic carbocycles. The number of carbonyl (C=O) groups is 1. The Kier molecular flexibility index (Phi) is 4.01. The predicted octanol–water partition coefficient (Wildman–Crippen LogP) is 2.77. The number of pyridine rings is 2. The van der Waals surface area contributed by atoms with Gasteiger partial charge >= 0.3 is 0 Å². The first kappa shape index (κ1) is 16.6. The van der Waals surface area contributed by atoms with E-state index in [9.17, 15) is 4.79 Å². The third kappa shape index (κ3) is 3.14. The van der Waals surface area contributed by atoms with E-state index < -0.39 is 0 Å². The predicted molar refractivity (Wildman–Crippen MR) is 103 cm³/mol. The highest BCUT2D eigenvalue weighted by atomic mass is 16.1. The van der Waals surface area contributed by atoms with Gasteiger partial charge in [-0.3, -0.25) is 19.4 Å². The van der Waals surface area contributed by atoms with Crippen LogP contribution in [0.4, 0.5) is 0 Å². The second-order valence-corrected chi connectivity index (χ2v) is 7.82. The lowest BCUT2D eigenvalue weighted by molar-refractivity contribution is -0.119. The van der Waals surface area contributed by atoms with Crippen LogP contribution in [0.5, 0.6) is 0 Å². The Morgan fingerprint density at radius 1 is 1.15 bits per heavy atom. The zero-order valence-electron chi connectivity index (χ0n) is 15.5. The molecule has 0 atom stereocenters. The van der Waals surface area contributed by atoms with Crippen LogP contribution in [0.2, 0.25) is 0 Å². The van der Waals surface area contributed by atoms with Crippen molar-refractivity contribution in [1.29, 1.82) is 0 Å². The van der Waals surface area contributed by atoms with Gasteiger partial charge in [-0.2, -0.15) is 5.10 Å². The van der Waals surface area contributed by atoms with Gasteiger partial charge in [-0.25, -0.2) is 4.98 Å². The van der Waals surface area contributed by atoms with Gasteiger partial charge in [-0.05, 0) is 43.9 Å². The second kappa shape index (κ2) is 6.53. The van der Waals surface area contributed by atoms with Gasteiger partial charge in [0.1, 0.15) is 0 Å². The second-order valence-electron chi connectivity index (χ2n) is 7.82. The van der Waals surface area contributed by atoms with Crippen LogP contribution in [-0.4, -0.2) is 49.1 Å². The molecule has 2 bridgehead atoms. The van der Waals surface area contributed by atoms with Gasteiger partial charge in [0.15, 0.2) is 5.78 Å². The van der Waals surface area contributed by atoms with Crippen LogP contribution in [0, 0.1) is 0 Å². The zero-order chi connectivity index (χ0) is 18.4. The molecule has 0 aliphatic carbocycles. The topological polar surface area (TPSA) is 63.9 Å². The number of nitrogens with zero attached hydrogens (tertiary/aromatic N) is 5. The van der Waals surface area contributed by atoms with E-state index >= 15 is 0 Å². The minimum Gasteiger partial charge on any atom is -0.298 e. The summed E-state index contributed by atoms with van der Waals surface area (Å²) in [4.78, 5) is 24.3.